The molecule has 9 rings (SSSR count). The highest BCUT2D eigenvalue weighted by molar-refractivity contribution is 5.67. The van der Waals surface area contributed by atoms with Crippen LogP contribution >= 0.6 is 0 Å². The van der Waals surface area contributed by atoms with E-state index in [4.69, 9.17) is 28.4 Å². The summed E-state index contributed by atoms with van der Waals surface area (Å²) in [6, 6.07) is 30.0. The Bertz CT molecular complexity index is 2230. The van der Waals surface area contributed by atoms with E-state index in [1.807, 2.05) is 6.07 Å². The summed E-state index contributed by atoms with van der Waals surface area (Å²) in [4.78, 5) is 7.25. The Labute approximate surface area is 337 Å². The first-order chi connectivity index (χ1) is 27.7. The lowest BCUT2D eigenvalue weighted by molar-refractivity contribution is 0.213. The maximum Gasteiger partial charge on any atom is 0.204 e. The molecule has 9 nitrogen and oxygen atoms in total. The Morgan fingerprint density at radius 3 is 2.09 bits per heavy atom. The van der Waals surface area contributed by atoms with Gasteiger partial charge in [0.05, 0.1) is 28.4 Å². The molecule has 0 aromatic heterocycles. The number of benzene rings is 5. The third-order valence-corrected chi connectivity index (χ3v) is 12.5. The molecule has 3 unspecified atom stereocenters. The highest BCUT2D eigenvalue weighted by atomic mass is 16.5. The van der Waals surface area contributed by atoms with Gasteiger partial charge < -0.3 is 28.4 Å². The minimum Gasteiger partial charge on any atom is -0.493 e. The number of rotatable bonds is 8. The average molecular weight is 770 g/mol. The first-order valence-electron chi connectivity index (χ1n) is 20.0. The standard InChI is InChI=1S/C48H55N3O6/c1-30(33-12-10-9-11-13-33)51(4)29-38-36-21-23-50(3)40-25-32-16-19-41(52-5)43(26-32)56-35-17-14-31(15-18-35)24-39-37-28-44(42(53-6)27-34(37)20-22-49(39)2)57-47(45(36)40)48(55-8)46(38)54-7/h9-19,26-28,30,39-40H,20-25,29H2,1-8H3. The summed E-state index contributed by atoms with van der Waals surface area (Å²) in [6.45, 7) is 4.72. The highest BCUT2D eigenvalue weighted by Gasteiger charge is 2.37. The van der Waals surface area contributed by atoms with Gasteiger partial charge in [0.1, 0.15) is 5.75 Å². The molecule has 0 saturated carbocycles. The normalized spacial score (nSPS) is 18.4. The van der Waals surface area contributed by atoms with Crippen molar-refractivity contribution in [3.63, 3.8) is 0 Å². The van der Waals surface area contributed by atoms with Crippen molar-refractivity contribution in [3.8, 4) is 46.0 Å². The van der Waals surface area contributed by atoms with E-state index in [-0.39, 0.29) is 18.1 Å². The van der Waals surface area contributed by atoms with Gasteiger partial charge in [-0.1, -0.05) is 48.5 Å². The lowest BCUT2D eigenvalue weighted by Crippen LogP contribution is -2.35. The molecule has 6 bridgehead atoms. The quantitative estimate of drug-likeness (QED) is 0.154. The molecular formula is C48H55N3O6. The number of ether oxygens (including phenoxy) is 6. The summed E-state index contributed by atoms with van der Waals surface area (Å²) >= 11 is 0. The van der Waals surface area contributed by atoms with Crippen molar-refractivity contribution < 1.29 is 28.4 Å². The molecule has 4 aliphatic rings. The summed E-state index contributed by atoms with van der Waals surface area (Å²) in [5.41, 5.74) is 9.55. The van der Waals surface area contributed by atoms with Crippen molar-refractivity contribution in [1.29, 1.82) is 0 Å². The Hall–Kier alpha value is -5.22. The minimum absolute atomic E-state index is 0.0684. The molecule has 4 aliphatic heterocycles. The lowest BCUT2D eigenvalue weighted by Gasteiger charge is -2.39. The molecule has 4 heterocycles. The van der Waals surface area contributed by atoms with Gasteiger partial charge in [0.25, 0.3) is 0 Å². The SMILES string of the molecule is COc1ccc2cc1Oc1ccc(cc1)CC1c3cc(c(OC)cc3CCN1C)Oc1c(OC)c(OC)c(CN(C)C(C)c3ccccc3)c3c1C(C2)N(C)CC3. The molecule has 0 radical (unpaired) electrons. The molecule has 0 spiro atoms. The molecule has 5 aromatic carbocycles. The topological polar surface area (TPSA) is 65.1 Å². The summed E-state index contributed by atoms with van der Waals surface area (Å²) in [5, 5.41) is 0. The van der Waals surface area contributed by atoms with E-state index in [0.717, 1.165) is 54.8 Å². The Kier molecular flexibility index (Phi) is 11.1. The second-order valence-electron chi connectivity index (χ2n) is 15.7. The summed E-state index contributed by atoms with van der Waals surface area (Å²) in [7, 11) is 13.4. The van der Waals surface area contributed by atoms with Crippen molar-refractivity contribution in [1.82, 2.24) is 14.7 Å². The molecule has 0 fully saturated rings. The van der Waals surface area contributed by atoms with E-state index >= 15 is 0 Å². The molecule has 57 heavy (non-hydrogen) atoms. The Morgan fingerprint density at radius 2 is 1.37 bits per heavy atom. The predicted octanol–water partition coefficient (Wildman–Crippen LogP) is 9.36. The van der Waals surface area contributed by atoms with Crippen molar-refractivity contribution in [3.05, 3.63) is 129 Å². The maximum absolute atomic E-state index is 7.29. The maximum atomic E-state index is 7.29. The summed E-state index contributed by atoms with van der Waals surface area (Å²) < 4.78 is 38.5. The fourth-order valence-corrected chi connectivity index (χ4v) is 9.05. The van der Waals surface area contributed by atoms with Crippen LogP contribution < -0.4 is 28.4 Å². The number of likely N-dealkylation sites (N-methyl/N-ethyl adjacent to an activating group) is 2. The smallest absolute Gasteiger partial charge is 0.204 e. The third-order valence-electron chi connectivity index (χ3n) is 12.5. The van der Waals surface area contributed by atoms with Crippen molar-refractivity contribution >= 4 is 0 Å². The Morgan fingerprint density at radius 1 is 0.702 bits per heavy atom. The summed E-state index contributed by atoms with van der Waals surface area (Å²) in [5.74, 6) is 5.42. The number of fused-ring (bicyclic) bond motifs is 2. The molecule has 5 aromatic rings. The zero-order valence-corrected chi connectivity index (χ0v) is 34.6. The summed E-state index contributed by atoms with van der Waals surface area (Å²) in [6.07, 6.45) is 3.27. The number of nitrogens with zero attached hydrogens (tertiary/aromatic N) is 3. The van der Waals surface area contributed by atoms with Crippen LogP contribution in [0.3, 0.4) is 0 Å². The average Bonchev–Trinajstić information content (AvgIpc) is 3.23. The predicted molar refractivity (Wildman–Crippen MR) is 224 cm³/mol. The number of hydrogen-bond acceptors (Lipinski definition) is 9. The van der Waals surface area contributed by atoms with Crippen molar-refractivity contribution in [2.75, 3.05) is 62.7 Å². The molecule has 0 amide bonds. The number of hydrogen-bond donors (Lipinski definition) is 0. The van der Waals surface area contributed by atoms with Gasteiger partial charge in [-0.05, 0) is 124 Å². The largest absolute Gasteiger partial charge is 0.493 e. The highest BCUT2D eigenvalue weighted by Crippen LogP contribution is 2.54. The van der Waals surface area contributed by atoms with E-state index in [9.17, 15) is 0 Å². The lowest BCUT2D eigenvalue weighted by atomic mass is 9.84. The molecule has 0 aliphatic carbocycles. The van der Waals surface area contributed by atoms with Crippen LogP contribution in [0.5, 0.6) is 46.0 Å². The van der Waals surface area contributed by atoms with E-state index in [0.29, 0.717) is 53.2 Å². The van der Waals surface area contributed by atoms with Crippen LogP contribution in [0.15, 0.2) is 84.9 Å². The van der Waals surface area contributed by atoms with Gasteiger partial charge in [0.2, 0.25) is 5.75 Å². The van der Waals surface area contributed by atoms with Crippen LogP contribution in [0.4, 0.5) is 0 Å². The van der Waals surface area contributed by atoms with E-state index in [2.05, 4.69) is 122 Å². The Balaban J connectivity index is 1.36. The molecule has 298 valence electrons. The zero-order chi connectivity index (χ0) is 39.8. The minimum atomic E-state index is -0.0684. The van der Waals surface area contributed by atoms with Crippen LogP contribution in [0.1, 0.15) is 69.6 Å². The van der Waals surface area contributed by atoms with Gasteiger partial charge >= 0.3 is 0 Å². The van der Waals surface area contributed by atoms with Crippen molar-refractivity contribution in [2.24, 2.45) is 0 Å². The molecular weight excluding hydrogens is 715 g/mol. The van der Waals surface area contributed by atoms with Gasteiger partial charge in [-0.2, -0.15) is 0 Å². The molecule has 0 N–H and O–H groups in total. The van der Waals surface area contributed by atoms with Crippen LogP contribution in [0.2, 0.25) is 0 Å². The molecule has 3 atom stereocenters. The van der Waals surface area contributed by atoms with Gasteiger partial charge in [-0.3, -0.25) is 14.7 Å². The second kappa shape index (κ2) is 16.3. The van der Waals surface area contributed by atoms with Crippen LogP contribution in [0.25, 0.3) is 0 Å². The zero-order valence-electron chi connectivity index (χ0n) is 34.6. The van der Waals surface area contributed by atoms with E-state index in [1.54, 1.807) is 28.4 Å². The third kappa shape index (κ3) is 7.40. The van der Waals surface area contributed by atoms with Crippen molar-refractivity contribution in [2.45, 2.75) is 57.3 Å². The first kappa shape index (κ1) is 38.6. The number of methoxy groups -OCH3 is 4. The van der Waals surface area contributed by atoms with Crippen LogP contribution in [-0.4, -0.2) is 77.4 Å². The fraction of sp³-hybridized carbons (Fsp3) is 0.375. The van der Waals surface area contributed by atoms with E-state index < -0.39 is 0 Å². The van der Waals surface area contributed by atoms with Crippen LogP contribution in [0, 0.1) is 0 Å². The van der Waals surface area contributed by atoms with Gasteiger partial charge in [0, 0.05) is 48.9 Å². The second-order valence-corrected chi connectivity index (χ2v) is 15.7. The van der Waals surface area contributed by atoms with Crippen LogP contribution in [-0.2, 0) is 32.2 Å². The van der Waals surface area contributed by atoms with E-state index in [1.165, 1.54) is 27.8 Å². The first-order valence-corrected chi connectivity index (χ1v) is 20.0. The molecule has 0 saturated heterocycles. The molecule has 9 heteroatoms. The van der Waals surface area contributed by atoms with Gasteiger partial charge in [-0.15, -0.1) is 0 Å². The van der Waals surface area contributed by atoms with Gasteiger partial charge in [0.15, 0.2) is 34.5 Å². The monoisotopic (exact) mass is 769 g/mol. The fourth-order valence-electron chi connectivity index (χ4n) is 9.05. The van der Waals surface area contributed by atoms with Gasteiger partial charge in [-0.25, -0.2) is 0 Å².